The normalized spacial score (nSPS) is 21.7. The highest BCUT2D eigenvalue weighted by Gasteiger charge is 2.60. The van der Waals surface area contributed by atoms with E-state index in [0.717, 1.165) is 0 Å². The highest BCUT2D eigenvalue weighted by molar-refractivity contribution is 6.03. The molecule has 0 aliphatic heterocycles. The zero-order valence-electron chi connectivity index (χ0n) is 13.8. The lowest BCUT2D eigenvalue weighted by atomic mass is 10.1. The van der Waals surface area contributed by atoms with Gasteiger partial charge in [-0.25, -0.2) is 4.79 Å². The van der Waals surface area contributed by atoms with E-state index >= 15 is 0 Å². The van der Waals surface area contributed by atoms with Crippen LogP contribution in [-0.2, 0) is 9.53 Å². The summed E-state index contributed by atoms with van der Waals surface area (Å²) in [5.41, 5.74) is 2.03. The molecule has 1 aromatic carbocycles. The summed E-state index contributed by atoms with van der Waals surface area (Å²) in [6.07, 6.45) is 2.15. The third-order valence-corrected chi connectivity index (χ3v) is 4.30. The molecule has 0 radical (unpaired) electrons. The summed E-state index contributed by atoms with van der Waals surface area (Å²) >= 11 is 0. The van der Waals surface area contributed by atoms with Gasteiger partial charge < -0.3 is 10.1 Å². The number of benzene rings is 1. The lowest BCUT2D eigenvalue weighted by Crippen LogP contribution is -2.19. The van der Waals surface area contributed by atoms with E-state index in [1.807, 2.05) is 13.8 Å². The maximum atomic E-state index is 12.6. The molecule has 0 spiro atoms. The summed E-state index contributed by atoms with van der Waals surface area (Å²) in [7, 11) is 1.33. The first-order valence-corrected chi connectivity index (χ1v) is 7.42. The molecule has 1 aliphatic rings. The molecule has 2 atom stereocenters. The van der Waals surface area contributed by atoms with Crippen molar-refractivity contribution in [1.29, 1.82) is 0 Å². The van der Waals surface area contributed by atoms with E-state index in [-0.39, 0.29) is 23.2 Å². The van der Waals surface area contributed by atoms with Gasteiger partial charge in [0.25, 0.3) is 0 Å². The summed E-state index contributed by atoms with van der Waals surface area (Å²) in [5.74, 6) is -0.341. The first kappa shape index (κ1) is 16.3. The van der Waals surface area contributed by atoms with Crippen LogP contribution in [0.4, 0.5) is 5.69 Å². The lowest BCUT2D eigenvalue weighted by Gasteiger charge is -2.10. The molecule has 4 heteroatoms. The van der Waals surface area contributed by atoms with Crippen molar-refractivity contribution in [3.05, 3.63) is 41.5 Å². The first-order chi connectivity index (χ1) is 10.3. The lowest BCUT2D eigenvalue weighted by molar-refractivity contribution is -0.118. The minimum Gasteiger partial charge on any atom is -0.465 e. The van der Waals surface area contributed by atoms with Crippen LogP contribution in [0.1, 0.15) is 38.1 Å². The first-order valence-electron chi connectivity index (χ1n) is 7.42. The van der Waals surface area contributed by atoms with Crippen LogP contribution < -0.4 is 5.32 Å². The summed E-state index contributed by atoms with van der Waals surface area (Å²) in [4.78, 5) is 24.3. The third-order valence-electron chi connectivity index (χ3n) is 4.30. The Bertz CT molecular complexity index is 627. The monoisotopic (exact) mass is 301 g/mol. The number of esters is 1. The van der Waals surface area contributed by atoms with Gasteiger partial charge in [-0.05, 0) is 37.3 Å². The van der Waals surface area contributed by atoms with Crippen molar-refractivity contribution in [1.82, 2.24) is 0 Å². The largest absolute Gasteiger partial charge is 0.465 e. The Morgan fingerprint density at radius 3 is 2.45 bits per heavy atom. The number of para-hydroxylation sites is 1. The van der Waals surface area contributed by atoms with Gasteiger partial charge in [-0.2, -0.15) is 0 Å². The fourth-order valence-electron chi connectivity index (χ4n) is 2.94. The molecule has 0 saturated heterocycles. The Hall–Kier alpha value is -2.10. The van der Waals surface area contributed by atoms with Crippen molar-refractivity contribution in [3.8, 4) is 0 Å². The second-order valence-corrected chi connectivity index (χ2v) is 6.60. The van der Waals surface area contributed by atoms with E-state index in [1.54, 1.807) is 24.3 Å². The van der Waals surface area contributed by atoms with E-state index in [4.69, 9.17) is 4.74 Å². The summed E-state index contributed by atoms with van der Waals surface area (Å²) in [6.45, 7) is 8.26. The quantitative estimate of drug-likeness (QED) is 0.682. The second kappa shape index (κ2) is 5.95. The molecule has 4 nitrogen and oxygen atoms in total. The van der Waals surface area contributed by atoms with Crippen LogP contribution in [0.15, 0.2) is 35.9 Å². The molecule has 1 amide bonds. The number of ether oxygens (including phenoxy) is 1. The van der Waals surface area contributed by atoms with Gasteiger partial charge in [-0.15, -0.1) is 0 Å². The molecular formula is C18H23NO3. The topological polar surface area (TPSA) is 55.4 Å². The Kier molecular flexibility index (Phi) is 4.40. The fourth-order valence-corrected chi connectivity index (χ4v) is 2.94. The Labute approximate surface area is 131 Å². The van der Waals surface area contributed by atoms with Crippen LogP contribution in [0.2, 0.25) is 0 Å². The molecule has 1 fully saturated rings. The predicted octanol–water partition coefficient (Wildman–Crippen LogP) is 3.65. The van der Waals surface area contributed by atoms with Gasteiger partial charge in [0.05, 0.1) is 24.3 Å². The number of hydrogen-bond donors (Lipinski definition) is 1. The zero-order valence-corrected chi connectivity index (χ0v) is 13.8. The van der Waals surface area contributed by atoms with E-state index in [9.17, 15) is 9.59 Å². The number of allylic oxidation sites excluding steroid dienone is 2. The average Bonchev–Trinajstić information content (AvgIpc) is 2.98. The van der Waals surface area contributed by atoms with Gasteiger partial charge in [0.1, 0.15) is 0 Å². The van der Waals surface area contributed by atoms with E-state index < -0.39 is 5.97 Å². The fraction of sp³-hybridized carbons (Fsp3) is 0.444. The molecule has 118 valence electrons. The minimum atomic E-state index is -0.452. The second-order valence-electron chi connectivity index (χ2n) is 6.60. The maximum absolute atomic E-state index is 12.6. The maximum Gasteiger partial charge on any atom is 0.339 e. The molecule has 1 N–H and O–H groups in total. The third kappa shape index (κ3) is 3.06. The molecule has 0 bridgehead atoms. The SMILES string of the molecule is COC(=O)c1ccccc1NC(=O)C1C(C=C(C)C)C1(C)C. The molecule has 0 aromatic heterocycles. The number of methoxy groups -OCH3 is 1. The van der Waals surface area contributed by atoms with Crippen molar-refractivity contribution in [2.24, 2.45) is 17.3 Å². The summed E-state index contributed by atoms with van der Waals surface area (Å²) in [6, 6.07) is 6.89. The van der Waals surface area contributed by atoms with Gasteiger partial charge in [0.15, 0.2) is 0 Å². The van der Waals surface area contributed by atoms with E-state index in [2.05, 4.69) is 25.2 Å². The zero-order chi connectivity index (χ0) is 16.5. The number of nitrogens with one attached hydrogen (secondary N) is 1. The summed E-state index contributed by atoms with van der Waals surface area (Å²) in [5, 5.41) is 2.88. The van der Waals surface area contributed by atoms with Crippen molar-refractivity contribution >= 4 is 17.6 Å². The minimum absolute atomic E-state index is 0.0520. The van der Waals surface area contributed by atoms with Gasteiger partial charge >= 0.3 is 5.97 Å². The van der Waals surface area contributed by atoms with Crippen LogP contribution in [0, 0.1) is 17.3 Å². The standard InChI is InChI=1S/C18H23NO3/c1-11(2)10-13-15(18(13,3)4)16(20)19-14-9-7-6-8-12(14)17(21)22-5/h6-10,13,15H,1-5H3,(H,19,20). The average molecular weight is 301 g/mol. The van der Waals surface area contributed by atoms with Crippen LogP contribution >= 0.6 is 0 Å². The molecule has 2 unspecified atom stereocenters. The number of carbonyl (C=O) groups is 2. The molecule has 0 heterocycles. The van der Waals surface area contributed by atoms with Crippen molar-refractivity contribution in [2.45, 2.75) is 27.7 Å². The van der Waals surface area contributed by atoms with Crippen LogP contribution in [-0.4, -0.2) is 19.0 Å². The Balaban J connectivity index is 2.18. The molecule has 1 aliphatic carbocycles. The van der Waals surface area contributed by atoms with Crippen LogP contribution in [0.3, 0.4) is 0 Å². The molecule has 22 heavy (non-hydrogen) atoms. The van der Waals surface area contributed by atoms with Crippen molar-refractivity contribution in [3.63, 3.8) is 0 Å². The Morgan fingerprint density at radius 2 is 1.86 bits per heavy atom. The predicted molar refractivity (Wildman–Crippen MR) is 86.6 cm³/mol. The number of rotatable bonds is 4. The van der Waals surface area contributed by atoms with Gasteiger partial charge in [-0.1, -0.05) is 37.6 Å². The highest BCUT2D eigenvalue weighted by atomic mass is 16.5. The van der Waals surface area contributed by atoms with Gasteiger partial charge in [0.2, 0.25) is 5.91 Å². The van der Waals surface area contributed by atoms with E-state index in [0.29, 0.717) is 11.3 Å². The number of carbonyl (C=O) groups excluding carboxylic acids is 2. The number of anilines is 1. The smallest absolute Gasteiger partial charge is 0.339 e. The Morgan fingerprint density at radius 1 is 1.23 bits per heavy atom. The molecular weight excluding hydrogens is 278 g/mol. The van der Waals surface area contributed by atoms with Crippen molar-refractivity contribution < 1.29 is 14.3 Å². The van der Waals surface area contributed by atoms with Crippen LogP contribution in [0.25, 0.3) is 0 Å². The van der Waals surface area contributed by atoms with Gasteiger partial charge in [0, 0.05) is 0 Å². The van der Waals surface area contributed by atoms with Crippen LogP contribution in [0.5, 0.6) is 0 Å². The molecule has 1 aromatic rings. The summed E-state index contributed by atoms with van der Waals surface area (Å²) < 4.78 is 4.75. The van der Waals surface area contributed by atoms with Crippen molar-refractivity contribution in [2.75, 3.05) is 12.4 Å². The molecule has 1 saturated carbocycles. The highest BCUT2D eigenvalue weighted by Crippen LogP contribution is 2.59. The van der Waals surface area contributed by atoms with E-state index in [1.165, 1.54) is 12.7 Å². The molecule has 2 rings (SSSR count). The number of amides is 1. The number of hydrogen-bond acceptors (Lipinski definition) is 3. The van der Waals surface area contributed by atoms with Gasteiger partial charge in [-0.3, -0.25) is 4.79 Å².